The molecular formula is C11H21O6P. The van der Waals surface area contributed by atoms with Gasteiger partial charge < -0.3 is 0 Å². The van der Waals surface area contributed by atoms with Crippen molar-refractivity contribution >= 4 is 7.74 Å². The van der Waals surface area contributed by atoms with E-state index in [4.69, 9.17) is 27.4 Å². The first-order chi connectivity index (χ1) is 8.52. The van der Waals surface area contributed by atoms with Gasteiger partial charge in [0.1, 0.15) is 0 Å². The van der Waals surface area contributed by atoms with Crippen molar-refractivity contribution in [2.75, 3.05) is 26.9 Å². The Morgan fingerprint density at radius 2 is 1.72 bits per heavy atom. The Labute approximate surface area is 107 Å². The van der Waals surface area contributed by atoms with Gasteiger partial charge in [-0.2, -0.15) is 0 Å². The van der Waals surface area contributed by atoms with Gasteiger partial charge in [-0.1, -0.05) is 0 Å². The van der Waals surface area contributed by atoms with Gasteiger partial charge in [0.2, 0.25) is 0 Å². The second-order valence-electron chi connectivity index (χ2n) is 4.27. The van der Waals surface area contributed by atoms with Crippen LogP contribution in [0.2, 0.25) is 0 Å². The molecule has 2 aliphatic rings. The molecule has 7 heteroatoms. The summed E-state index contributed by atoms with van der Waals surface area (Å²) in [6.07, 6.45) is 0.789. The summed E-state index contributed by atoms with van der Waals surface area (Å²) in [5, 5.41) is 0. The van der Waals surface area contributed by atoms with Gasteiger partial charge in [-0.05, 0) is 0 Å². The molecule has 1 atom stereocenters. The Balaban J connectivity index is 2.10. The van der Waals surface area contributed by atoms with E-state index in [0.717, 1.165) is 6.42 Å². The summed E-state index contributed by atoms with van der Waals surface area (Å²) in [6.45, 7) is 6.75. The molecule has 0 aliphatic carbocycles. The number of allylic oxidation sites excluding steroid dienone is 2. The molecule has 2 rings (SSSR count). The molecule has 1 fully saturated rings. The summed E-state index contributed by atoms with van der Waals surface area (Å²) in [7, 11) is -2.23. The summed E-state index contributed by atoms with van der Waals surface area (Å²) >= 11 is 0. The minimum atomic E-state index is -3.87. The Kier molecular flexibility index (Phi) is 3.85. The molecule has 0 saturated carbocycles. The third kappa shape index (κ3) is 2.36. The minimum absolute atomic E-state index is 0.0392. The van der Waals surface area contributed by atoms with Gasteiger partial charge in [0.05, 0.1) is 0 Å². The molecule has 2 heterocycles. The summed E-state index contributed by atoms with van der Waals surface area (Å²) in [4.78, 5) is 0. The van der Waals surface area contributed by atoms with Crippen LogP contribution in [-0.2, 0) is 27.4 Å². The van der Waals surface area contributed by atoms with Gasteiger partial charge in [-0.15, -0.1) is 0 Å². The van der Waals surface area contributed by atoms with Crippen molar-refractivity contribution in [3.05, 3.63) is 11.5 Å². The molecular weight excluding hydrogens is 259 g/mol. The molecule has 0 aromatic rings. The fourth-order valence-electron chi connectivity index (χ4n) is 1.79. The van der Waals surface area contributed by atoms with Crippen molar-refractivity contribution in [3.63, 3.8) is 0 Å². The quantitative estimate of drug-likeness (QED) is 0.722. The first-order valence-corrected chi connectivity index (χ1v) is 7.93. The van der Waals surface area contributed by atoms with Crippen LogP contribution in [0.3, 0.4) is 0 Å². The fourth-order valence-corrected chi connectivity index (χ4v) is 4.68. The average molecular weight is 280 g/mol. The Hall–Kier alpha value is -0.390. The summed E-state index contributed by atoms with van der Waals surface area (Å²) in [5.41, 5.74) is 0. The number of methoxy groups -OCH3 is 1. The van der Waals surface area contributed by atoms with Gasteiger partial charge in [-0.25, -0.2) is 0 Å². The van der Waals surface area contributed by atoms with Gasteiger partial charge in [0, 0.05) is 0 Å². The van der Waals surface area contributed by atoms with Crippen LogP contribution < -0.4 is 0 Å². The average Bonchev–Trinajstić information content (AvgIpc) is 2.86. The van der Waals surface area contributed by atoms with Crippen molar-refractivity contribution in [1.82, 2.24) is 0 Å². The zero-order valence-electron chi connectivity index (χ0n) is 11.3. The van der Waals surface area contributed by atoms with E-state index in [2.05, 4.69) is 0 Å². The maximum atomic E-state index is 5.80. The van der Waals surface area contributed by atoms with E-state index in [-0.39, 0.29) is 6.10 Å². The van der Waals surface area contributed by atoms with Crippen LogP contribution in [0.1, 0.15) is 27.2 Å². The molecule has 0 N–H and O–H groups in total. The Morgan fingerprint density at radius 1 is 1.17 bits per heavy atom. The molecule has 106 valence electrons. The Bertz CT molecular complexity index is 327. The summed E-state index contributed by atoms with van der Waals surface area (Å²) in [6, 6.07) is 0. The summed E-state index contributed by atoms with van der Waals surface area (Å²) < 4.78 is 33.7. The molecule has 0 amide bonds. The molecule has 0 bridgehead atoms. The Morgan fingerprint density at radius 3 is 2.17 bits per heavy atom. The molecule has 1 saturated heterocycles. The standard InChI is InChI=1S/C11H21O6P/c1-5-11(12-4)8-15-18(13-6-7-14-18)16-9(2)10(3)17-18/h11H,5-8H2,1-4H3. The van der Waals surface area contributed by atoms with Crippen LogP contribution in [0.15, 0.2) is 11.5 Å². The summed E-state index contributed by atoms with van der Waals surface area (Å²) in [5.74, 6) is 1.28. The van der Waals surface area contributed by atoms with E-state index < -0.39 is 7.74 Å². The number of rotatable bonds is 5. The van der Waals surface area contributed by atoms with E-state index >= 15 is 0 Å². The SMILES string of the molecule is CCC(COP12(OCCO1)OC(C)=C(C)O2)OC. The van der Waals surface area contributed by atoms with Gasteiger partial charge in [0.25, 0.3) is 0 Å². The first-order valence-electron chi connectivity index (χ1n) is 6.10. The molecule has 0 radical (unpaired) electrons. The molecule has 2 aliphatic heterocycles. The predicted octanol–water partition coefficient (Wildman–Crippen LogP) is 2.90. The number of hydrogen-bond acceptors (Lipinski definition) is 6. The number of ether oxygens (including phenoxy) is 1. The van der Waals surface area contributed by atoms with Crippen molar-refractivity contribution < 1.29 is 27.4 Å². The van der Waals surface area contributed by atoms with E-state index in [1.165, 1.54) is 0 Å². The molecule has 0 aromatic heterocycles. The van der Waals surface area contributed by atoms with Crippen LogP contribution >= 0.6 is 7.74 Å². The van der Waals surface area contributed by atoms with Crippen LogP contribution in [-0.4, -0.2) is 33.0 Å². The molecule has 1 unspecified atom stereocenters. The van der Waals surface area contributed by atoms with Crippen molar-refractivity contribution in [1.29, 1.82) is 0 Å². The monoisotopic (exact) mass is 280 g/mol. The third-order valence-electron chi connectivity index (χ3n) is 3.02. The van der Waals surface area contributed by atoms with Crippen molar-refractivity contribution in [2.45, 2.75) is 33.3 Å². The molecule has 0 aromatic carbocycles. The predicted molar refractivity (Wildman–Crippen MR) is 66.4 cm³/mol. The van der Waals surface area contributed by atoms with E-state index in [0.29, 0.717) is 31.3 Å². The second-order valence-corrected chi connectivity index (χ2v) is 6.90. The normalized spacial score (nSPS) is 28.6. The van der Waals surface area contributed by atoms with Crippen molar-refractivity contribution in [2.24, 2.45) is 0 Å². The molecule has 18 heavy (non-hydrogen) atoms. The van der Waals surface area contributed by atoms with E-state index in [1.54, 1.807) is 21.0 Å². The maximum absolute atomic E-state index is 5.80. The first kappa shape index (κ1) is 14.0. The van der Waals surface area contributed by atoms with Crippen LogP contribution in [0.25, 0.3) is 0 Å². The fraction of sp³-hybridized carbons (Fsp3) is 0.818. The molecule has 1 spiro atoms. The number of hydrogen-bond donors (Lipinski definition) is 0. The van der Waals surface area contributed by atoms with Crippen LogP contribution in [0.4, 0.5) is 0 Å². The second kappa shape index (κ2) is 4.94. The van der Waals surface area contributed by atoms with Crippen LogP contribution in [0, 0.1) is 0 Å². The molecule has 6 nitrogen and oxygen atoms in total. The van der Waals surface area contributed by atoms with Crippen LogP contribution in [0.5, 0.6) is 0 Å². The zero-order chi connectivity index (χ0) is 13.3. The van der Waals surface area contributed by atoms with Crippen molar-refractivity contribution in [3.8, 4) is 0 Å². The van der Waals surface area contributed by atoms with E-state index in [9.17, 15) is 0 Å². The van der Waals surface area contributed by atoms with E-state index in [1.807, 2.05) is 6.92 Å². The van der Waals surface area contributed by atoms with Gasteiger partial charge >= 0.3 is 107 Å². The third-order valence-corrected chi connectivity index (χ3v) is 5.94. The zero-order valence-corrected chi connectivity index (χ0v) is 12.2. The topological polar surface area (TPSA) is 55.4 Å². The van der Waals surface area contributed by atoms with Gasteiger partial charge in [-0.3, -0.25) is 0 Å². The van der Waals surface area contributed by atoms with Gasteiger partial charge in [0.15, 0.2) is 0 Å².